The Morgan fingerprint density at radius 3 is 2.33 bits per heavy atom. The fourth-order valence-corrected chi connectivity index (χ4v) is 0.987. The van der Waals surface area contributed by atoms with Crippen LogP contribution in [0.25, 0.3) is 0 Å². The molecule has 4 nitrogen and oxygen atoms in total. The van der Waals surface area contributed by atoms with Crippen molar-refractivity contribution in [2.45, 2.75) is 20.1 Å². The third-order valence-electron chi connectivity index (χ3n) is 1.68. The van der Waals surface area contributed by atoms with Gasteiger partial charge in [-0.3, -0.25) is 4.79 Å². The Bertz CT molecular complexity index is 239. The Balaban J connectivity index is 3.97. The van der Waals surface area contributed by atoms with E-state index in [0.29, 0.717) is 0 Å². The van der Waals surface area contributed by atoms with Crippen molar-refractivity contribution in [3.05, 3.63) is 23.8 Å². The minimum atomic E-state index is -0.330. The number of hydrogen-bond acceptors (Lipinski definition) is 4. The zero-order valence-electron chi connectivity index (χ0n) is 9.65. The van der Waals surface area contributed by atoms with Gasteiger partial charge in [-0.05, 0) is 18.6 Å². The summed E-state index contributed by atoms with van der Waals surface area (Å²) in [7, 11) is 3.15. The molecule has 0 saturated carbocycles. The maximum atomic E-state index is 10.4. The second-order valence-electron chi connectivity index (χ2n) is 2.94. The smallest absolute Gasteiger partial charge is 0.302 e. The van der Waals surface area contributed by atoms with E-state index in [2.05, 4.69) is 0 Å². The maximum Gasteiger partial charge on any atom is 0.302 e. The molecule has 0 saturated heterocycles. The standard InChI is InChI=1S/C11H18O4/c1-9(11(13-3)14-4)7-5-6-8-15-10(2)12/h5-7,11H,8H2,1-4H3. The van der Waals surface area contributed by atoms with Gasteiger partial charge in [0.1, 0.15) is 6.61 Å². The molecule has 0 aliphatic heterocycles. The van der Waals surface area contributed by atoms with Crippen molar-refractivity contribution in [2.24, 2.45) is 0 Å². The first-order valence-corrected chi connectivity index (χ1v) is 4.64. The van der Waals surface area contributed by atoms with Gasteiger partial charge < -0.3 is 14.2 Å². The molecule has 15 heavy (non-hydrogen) atoms. The van der Waals surface area contributed by atoms with Gasteiger partial charge in [-0.15, -0.1) is 0 Å². The van der Waals surface area contributed by atoms with Crippen LogP contribution in [-0.4, -0.2) is 33.1 Å². The normalized spacial score (nSPS) is 12.5. The minimum absolute atomic E-state index is 0.281. The zero-order valence-corrected chi connectivity index (χ0v) is 9.65. The molecule has 0 N–H and O–H groups in total. The summed E-state index contributed by atoms with van der Waals surface area (Å²) >= 11 is 0. The lowest BCUT2D eigenvalue weighted by Crippen LogP contribution is -2.13. The van der Waals surface area contributed by atoms with Gasteiger partial charge in [0, 0.05) is 21.1 Å². The SMILES string of the molecule is COC(OC)C(C)=CC=CCOC(C)=O. The van der Waals surface area contributed by atoms with Crippen molar-refractivity contribution in [2.75, 3.05) is 20.8 Å². The highest BCUT2D eigenvalue weighted by Gasteiger charge is 2.04. The average molecular weight is 214 g/mol. The highest BCUT2D eigenvalue weighted by Crippen LogP contribution is 2.05. The monoisotopic (exact) mass is 214 g/mol. The minimum Gasteiger partial charge on any atom is -0.462 e. The largest absolute Gasteiger partial charge is 0.462 e. The summed E-state index contributed by atoms with van der Waals surface area (Å²) in [5.74, 6) is -0.285. The third-order valence-corrected chi connectivity index (χ3v) is 1.68. The number of carbonyl (C=O) groups is 1. The van der Waals surface area contributed by atoms with Crippen LogP contribution in [0, 0.1) is 0 Å². The number of ether oxygens (including phenoxy) is 3. The highest BCUT2D eigenvalue weighted by molar-refractivity contribution is 5.65. The van der Waals surface area contributed by atoms with Gasteiger partial charge in [-0.1, -0.05) is 12.2 Å². The van der Waals surface area contributed by atoms with E-state index in [1.807, 2.05) is 13.0 Å². The summed E-state index contributed by atoms with van der Waals surface area (Å²) in [6, 6.07) is 0. The van der Waals surface area contributed by atoms with Crippen LogP contribution in [0.15, 0.2) is 23.8 Å². The Morgan fingerprint density at radius 2 is 1.87 bits per heavy atom. The number of hydrogen-bond donors (Lipinski definition) is 0. The third kappa shape index (κ3) is 6.88. The fourth-order valence-electron chi connectivity index (χ4n) is 0.987. The molecule has 0 unspecified atom stereocenters. The van der Waals surface area contributed by atoms with E-state index in [-0.39, 0.29) is 18.9 Å². The molecule has 0 radical (unpaired) electrons. The van der Waals surface area contributed by atoms with E-state index < -0.39 is 0 Å². The Morgan fingerprint density at radius 1 is 1.27 bits per heavy atom. The molecule has 0 aromatic heterocycles. The Hall–Kier alpha value is -1.13. The maximum absolute atomic E-state index is 10.4. The molecule has 0 amide bonds. The molecule has 0 fully saturated rings. The van der Waals surface area contributed by atoms with Gasteiger partial charge in [-0.25, -0.2) is 0 Å². The molecule has 0 aliphatic carbocycles. The molecule has 86 valence electrons. The first kappa shape index (κ1) is 13.9. The first-order chi connectivity index (χ1) is 7.11. The van der Waals surface area contributed by atoms with Crippen LogP contribution in [0.4, 0.5) is 0 Å². The number of methoxy groups -OCH3 is 2. The molecule has 0 heterocycles. The van der Waals surface area contributed by atoms with Gasteiger partial charge >= 0.3 is 5.97 Å². The molecule has 4 heteroatoms. The molecule has 0 bridgehead atoms. The molecule has 0 aliphatic rings. The molecule has 0 spiro atoms. The van der Waals surface area contributed by atoms with Crippen molar-refractivity contribution in [3.8, 4) is 0 Å². The van der Waals surface area contributed by atoms with Crippen molar-refractivity contribution < 1.29 is 19.0 Å². The summed E-state index contributed by atoms with van der Waals surface area (Å²) in [6.45, 7) is 3.55. The van der Waals surface area contributed by atoms with Gasteiger partial charge in [0.15, 0.2) is 6.29 Å². The molecule has 0 atom stereocenters. The van der Waals surface area contributed by atoms with Crippen molar-refractivity contribution in [3.63, 3.8) is 0 Å². The van der Waals surface area contributed by atoms with E-state index in [1.54, 1.807) is 26.4 Å². The van der Waals surface area contributed by atoms with Crippen LogP contribution in [-0.2, 0) is 19.0 Å². The van der Waals surface area contributed by atoms with Crippen LogP contribution in [0.1, 0.15) is 13.8 Å². The number of allylic oxidation sites excluding steroid dienone is 2. The second kappa shape index (κ2) is 8.20. The van der Waals surface area contributed by atoms with Gasteiger partial charge in [0.2, 0.25) is 0 Å². The number of esters is 1. The van der Waals surface area contributed by atoms with Crippen molar-refractivity contribution >= 4 is 5.97 Å². The highest BCUT2D eigenvalue weighted by atomic mass is 16.7. The molecular formula is C11H18O4. The molecular weight excluding hydrogens is 196 g/mol. The fraction of sp³-hybridized carbons (Fsp3) is 0.545. The summed E-state index contributed by atoms with van der Waals surface area (Å²) < 4.78 is 14.8. The Labute approximate surface area is 90.5 Å². The van der Waals surface area contributed by atoms with E-state index in [1.165, 1.54) is 6.92 Å². The number of carbonyl (C=O) groups excluding carboxylic acids is 1. The first-order valence-electron chi connectivity index (χ1n) is 4.64. The number of rotatable bonds is 6. The van der Waals surface area contributed by atoms with Crippen molar-refractivity contribution in [1.82, 2.24) is 0 Å². The molecule has 0 aromatic carbocycles. The lowest BCUT2D eigenvalue weighted by atomic mass is 10.2. The second-order valence-corrected chi connectivity index (χ2v) is 2.94. The van der Waals surface area contributed by atoms with Gasteiger partial charge in [0.25, 0.3) is 0 Å². The zero-order chi connectivity index (χ0) is 11.7. The summed E-state index contributed by atoms with van der Waals surface area (Å²) in [6.07, 6.45) is 5.06. The summed E-state index contributed by atoms with van der Waals surface area (Å²) in [5.41, 5.74) is 0.944. The quantitative estimate of drug-likeness (QED) is 0.383. The Kier molecular flexibility index (Phi) is 7.58. The van der Waals surface area contributed by atoms with Crippen LogP contribution >= 0.6 is 0 Å². The lowest BCUT2D eigenvalue weighted by Gasteiger charge is -2.12. The van der Waals surface area contributed by atoms with Gasteiger partial charge in [0.05, 0.1) is 0 Å². The van der Waals surface area contributed by atoms with Crippen LogP contribution in [0.3, 0.4) is 0 Å². The molecule has 0 rings (SSSR count). The predicted octanol–water partition coefficient (Wildman–Crippen LogP) is 1.67. The van der Waals surface area contributed by atoms with Crippen LogP contribution in [0.5, 0.6) is 0 Å². The predicted molar refractivity (Wildman–Crippen MR) is 57.3 cm³/mol. The van der Waals surface area contributed by atoms with Gasteiger partial charge in [-0.2, -0.15) is 0 Å². The van der Waals surface area contributed by atoms with E-state index in [9.17, 15) is 4.79 Å². The average Bonchev–Trinajstić information content (AvgIpc) is 2.18. The van der Waals surface area contributed by atoms with Crippen LogP contribution in [0.2, 0.25) is 0 Å². The summed E-state index contributed by atoms with van der Waals surface area (Å²) in [4.78, 5) is 10.4. The lowest BCUT2D eigenvalue weighted by molar-refractivity contribution is -0.139. The van der Waals surface area contributed by atoms with Crippen molar-refractivity contribution in [1.29, 1.82) is 0 Å². The van der Waals surface area contributed by atoms with E-state index in [4.69, 9.17) is 14.2 Å². The topological polar surface area (TPSA) is 44.8 Å². The van der Waals surface area contributed by atoms with E-state index in [0.717, 1.165) is 5.57 Å². The molecule has 0 aromatic rings. The summed E-state index contributed by atoms with van der Waals surface area (Å²) in [5, 5.41) is 0. The van der Waals surface area contributed by atoms with E-state index >= 15 is 0 Å². The van der Waals surface area contributed by atoms with Crippen LogP contribution < -0.4 is 0 Å².